The Bertz CT molecular complexity index is 1120. The van der Waals surface area contributed by atoms with Crippen molar-refractivity contribution in [3.63, 3.8) is 0 Å². The van der Waals surface area contributed by atoms with Gasteiger partial charge in [-0.1, -0.05) is 12.1 Å². The van der Waals surface area contributed by atoms with Crippen LogP contribution in [-0.2, 0) is 21.1 Å². The van der Waals surface area contributed by atoms with Crippen LogP contribution in [0.3, 0.4) is 0 Å². The minimum Gasteiger partial charge on any atom is -0.464 e. The van der Waals surface area contributed by atoms with Crippen molar-refractivity contribution in [3.05, 3.63) is 59.1 Å². The molecule has 1 heterocycles. The second-order valence-electron chi connectivity index (χ2n) is 6.28. The molecule has 0 bridgehead atoms. The van der Waals surface area contributed by atoms with Gasteiger partial charge < -0.3 is 9.73 Å². The maximum atomic E-state index is 13.9. The molecule has 0 spiro atoms. The quantitative estimate of drug-likeness (QED) is 0.704. The first-order valence-corrected chi connectivity index (χ1v) is 9.81. The van der Waals surface area contributed by atoms with Crippen LogP contribution in [0.4, 0.5) is 10.1 Å². The molecule has 0 atom stereocenters. The highest BCUT2D eigenvalue weighted by Gasteiger charge is 2.16. The first kappa shape index (κ1) is 18.1. The molecule has 5 nitrogen and oxygen atoms in total. The summed E-state index contributed by atoms with van der Waals surface area (Å²) in [5.74, 6) is -1.16. The fraction of sp³-hybridized carbons (Fsp3) is 0.211. The summed E-state index contributed by atoms with van der Waals surface area (Å²) in [4.78, 5) is 12.3. The fourth-order valence-electron chi connectivity index (χ4n) is 2.72. The molecular weight excluding hydrogens is 357 g/mol. The van der Waals surface area contributed by atoms with Crippen molar-refractivity contribution in [2.45, 2.75) is 25.2 Å². The summed E-state index contributed by atoms with van der Waals surface area (Å²) in [7, 11) is -3.50. The lowest BCUT2D eigenvalue weighted by molar-refractivity contribution is -0.115. The van der Waals surface area contributed by atoms with Crippen LogP contribution in [0.5, 0.6) is 0 Å². The first-order chi connectivity index (χ1) is 12.2. The SMILES string of the molecule is Cc1ccc2c(CC(=O)Nc3cc(S(C)(=O)=O)ccc3F)coc2c1C. The van der Waals surface area contributed by atoms with E-state index in [1.54, 1.807) is 0 Å². The third kappa shape index (κ3) is 3.48. The number of aryl methyl sites for hydroxylation is 2. The molecular formula is C19H18FNO4S. The van der Waals surface area contributed by atoms with Gasteiger partial charge in [-0.2, -0.15) is 0 Å². The number of anilines is 1. The molecule has 2 aromatic carbocycles. The highest BCUT2D eigenvalue weighted by molar-refractivity contribution is 7.90. The topological polar surface area (TPSA) is 76.4 Å². The van der Waals surface area contributed by atoms with Crippen LogP contribution in [0.25, 0.3) is 11.0 Å². The van der Waals surface area contributed by atoms with Gasteiger partial charge in [0.1, 0.15) is 11.4 Å². The van der Waals surface area contributed by atoms with Crippen LogP contribution >= 0.6 is 0 Å². The Hall–Kier alpha value is -2.67. The highest BCUT2D eigenvalue weighted by atomic mass is 32.2. The molecule has 0 saturated carbocycles. The molecule has 7 heteroatoms. The zero-order valence-electron chi connectivity index (χ0n) is 14.6. The molecule has 3 aromatic rings. The zero-order valence-corrected chi connectivity index (χ0v) is 15.4. The largest absolute Gasteiger partial charge is 0.464 e. The van der Waals surface area contributed by atoms with Crippen LogP contribution < -0.4 is 5.32 Å². The van der Waals surface area contributed by atoms with E-state index in [2.05, 4.69) is 5.32 Å². The Balaban J connectivity index is 1.85. The minimum atomic E-state index is -3.50. The van der Waals surface area contributed by atoms with Gasteiger partial charge in [0, 0.05) is 17.2 Å². The molecule has 0 aliphatic heterocycles. The van der Waals surface area contributed by atoms with E-state index in [9.17, 15) is 17.6 Å². The van der Waals surface area contributed by atoms with Crippen molar-refractivity contribution in [2.75, 3.05) is 11.6 Å². The number of carbonyl (C=O) groups is 1. The van der Waals surface area contributed by atoms with Crippen molar-refractivity contribution in [3.8, 4) is 0 Å². The number of hydrogen-bond acceptors (Lipinski definition) is 4. The van der Waals surface area contributed by atoms with Gasteiger partial charge in [0.2, 0.25) is 5.91 Å². The number of nitrogens with one attached hydrogen (secondary N) is 1. The predicted molar refractivity (Wildman–Crippen MR) is 97.5 cm³/mol. The highest BCUT2D eigenvalue weighted by Crippen LogP contribution is 2.27. The minimum absolute atomic E-state index is 0.0158. The summed E-state index contributed by atoms with van der Waals surface area (Å²) in [5, 5.41) is 3.26. The number of benzene rings is 2. The second-order valence-corrected chi connectivity index (χ2v) is 8.30. The van der Waals surface area contributed by atoms with Crippen LogP contribution in [0.2, 0.25) is 0 Å². The summed E-state index contributed by atoms with van der Waals surface area (Å²) in [5.41, 5.74) is 3.32. The molecule has 3 rings (SSSR count). The van der Waals surface area contributed by atoms with E-state index in [-0.39, 0.29) is 17.0 Å². The molecule has 0 radical (unpaired) electrons. The first-order valence-electron chi connectivity index (χ1n) is 7.92. The van der Waals surface area contributed by atoms with E-state index >= 15 is 0 Å². The summed E-state index contributed by atoms with van der Waals surface area (Å²) < 4.78 is 42.7. The lowest BCUT2D eigenvalue weighted by Crippen LogP contribution is -2.15. The maximum absolute atomic E-state index is 13.9. The number of halogens is 1. The monoisotopic (exact) mass is 375 g/mol. The fourth-order valence-corrected chi connectivity index (χ4v) is 3.37. The Morgan fingerprint density at radius 3 is 2.62 bits per heavy atom. The number of hydrogen-bond donors (Lipinski definition) is 1. The molecule has 0 saturated heterocycles. The van der Waals surface area contributed by atoms with Crippen molar-refractivity contribution in [1.29, 1.82) is 0 Å². The smallest absolute Gasteiger partial charge is 0.229 e. The normalized spacial score (nSPS) is 11.7. The number of rotatable bonds is 4. The van der Waals surface area contributed by atoms with Crippen molar-refractivity contribution < 1.29 is 22.0 Å². The van der Waals surface area contributed by atoms with E-state index in [1.807, 2.05) is 26.0 Å². The molecule has 1 amide bonds. The number of sulfone groups is 1. The summed E-state index contributed by atoms with van der Waals surface area (Å²) in [6.45, 7) is 3.91. The van der Waals surface area contributed by atoms with Gasteiger partial charge in [0.05, 0.1) is 23.3 Å². The van der Waals surface area contributed by atoms with E-state index in [0.29, 0.717) is 5.56 Å². The molecule has 1 N–H and O–H groups in total. The molecule has 0 aliphatic rings. The average molecular weight is 375 g/mol. The van der Waals surface area contributed by atoms with Crippen molar-refractivity contribution in [2.24, 2.45) is 0 Å². The molecule has 136 valence electrons. The summed E-state index contributed by atoms with van der Waals surface area (Å²) in [6, 6.07) is 7.13. The lowest BCUT2D eigenvalue weighted by atomic mass is 10.0. The molecule has 26 heavy (non-hydrogen) atoms. The summed E-state index contributed by atoms with van der Waals surface area (Å²) in [6.07, 6.45) is 2.52. The van der Waals surface area contributed by atoms with E-state index in [1.165, 1.54) is 6.26 Å². The van der Waals surface area contributed by atoms with Gasteiger partial charge in [-0.15, -0.1) is 0 Å². The van der Waals surface area contributed by atoms with Crippen LogP contribution in [0, 0.1) is 19.7 Å². The number of furan rings is 1. The van der Waals surface area contributed by atoms with Gasteiger partial charge in [0.25, 0.3) is 0 Å². The van der Waals surface area contributed by atoms with E-state index < -0.39 is 21.6 Å². The van der Waals surface area contributed by atoms with Crippen molar-refractivity contribution >= 4 is 32.4 Å². The predicted octanol–water partition coefficient (Wildman–Crippen LogP) is 3.77. The zero-order chi connectivity index (χ0) is 19.1. The van der Waals surface area contributed by atoms with Gasteiger partial charge in [-0.25, -0.2) is 12.8 Å². The van der Waals surface area contributed by atoms with Crippen LogP contribution in [-0.4, -0.2) is 20.6 Å². The average Bonchev–Trinajstić information content (AvgIpc) is 2.95. The van der Waals surface area contributed by atoms with Gasteiger partial charge in [-0.05, 0) is 43.2 Å². The molecule has 1 aromatic heterocycles. The molecule has 0 unspecified atom stereocenters. The number of carbonyl (C=O) groups excluding carboxylic acids is 1. The molecule has 0 aliphatic carbocycles. The van der Waals surface area contributed by atoms with Gasteiger partial charge in [0.15, 0.2) is 9.84 Å². The number of fused-ring (bicyclic) bond motifs is 1. The third-order valence-corrected chi connectivity index (χ3v) is 5.44. The second kappa shape index (κ2) is 6.57. The third-order valence-electron chi connectivity index (χ3n) is 4.33. The maximum Gasteiger partial charge on any atom is 0.229 e. The molecule has 0 fully saturated rings. The van der Waals surface area contributed by atoms with E-state index in [4.69, 9.17) is 4.42 Å². The Kier molecular flexibility index (Phi) is 4.58. The lowest BCUT2D eigenvalue weighted by Gasteiger charge is -2.08. The van der Waals surface area contributed by atoms with Crippen LogP contribution in [0.1, 0.15) is 16.7 Å². The standard InChI is InChI=1S/C19H18FNO4S/c1-11-4-6-15-13(10-25-19(15)12(11)2)8-18(22)21-17-9-14(26(3,23)24)5-7-16(17)20/h4-7,9-10H,8H2,1-3H3,(H,21,22). The Morgan fingerprint density at radius 1 is 1.19 bits per heavy atom. The van der Waals surface area contributed by atoms with Gasteiger partial charge in [-0.3, -0.25) is 4.79 Å². The Morgan fingerprint density at radius 2 is 1.92 bits per heavy atom. The van der Waals surface area contributed by atoms with E-state index in [0.717, 1.165) is 46.6 Å². The van der Waals surface area contributed by atoms with Crippen LogP contribution in [0.15, 0.2) is 45.9 Å². The van der Waals surface area contributed by atoms with Crippen molar-refractivity contribution in [1.82, 2.24) is 0 Å². The summed E-state index contributed by atoms with van der Waals surface area (Å²) >= 11 is 0. The Labute approximate surface area is 150 Å². The number of amides is 1. The van der Waals surface area contributed by atoms with Gasteiger partial charge >= 0.3 is 0 Å².